The monoisotopic (exact) mass is 376 g/mol. The number of hydrogen-bond acceptors (Lipinski definition) is 4. The van der Waals surface area contributed by atoms with Crippen LogP contribution in [0.2, 0.25) is 0 Å². The van der Waals surface area contributed by atoms with Gasteiger partial charge >= 0.3 is 0 Å². The Hall–Kier alpha value is -2.86. The van der Waals surface area contributed by atoms with Crippen LogP contribution in [0.3, 0.4) is 0 Å². The Morgan fingerprint density at radius 3 is 2.56 bits per heavy atom. The molecule has 1 atom stereocenters. The Bertz CT molecular complexity index is 1130. The summed E-state index contributed by atoms with van der Waals surface area (Å²) in [6.45, 7) is 4.06. The number of rotatable bonds is 5. The van der Waals surface area contributed by atoms with E-state index in [0.717, 1.165) is 23.0 Å². The van der Waals surface area contributed by atoms with Gasteiger partial charge in [0, 0.05) is 12.1 Å². The fourth-order valence-corrected chi connectivity index (χ4v) is 3.94. The summed E-state index contributed by atoms with van der Waals surface area (Å²) in [5.41, 5.74) is 3.94. The second-order valence-corrected chi connectivity index (χ2v) is 7.83. The van der Waals surface area contributed by atoms with Crippen molar-refractivity contribution in [3.8, 4) is 0 Å². The number of aromatic amines is 2. The van der Waals surface area contributed by atoms with Crippen LogP contribution in [0.4, 0.5) is 0 Å². The quantitative estimate of drug-likeness (QED) is 0.506. The highest BCUT2D eigenvalue weighted by atomic mass is 32.2. The number of para-hydroxylation sites is 1. The fourth-order valence-electron chi connectivity index (χ4n) is 3.00. The Labute approximate surface area is 161 Å². The van der Waals surface area contributed by atoms with Crippen molar-refractivity contribution >= 4 is 22.7 Å². The standard InChI is InChI=1S/C21H20N4OS/c1-13-18(12-15-8-4-3-5-9-15)24-21(22-13)27-14(2)19-23-17-11-7-6-10-16(17)20(26)25-19/h3-11,14H,12H2,1-2H3,(H,22,24)(H,23,25,26)/t14-/m0/s1. The van der Waals surface area contributed by atoms with E-state index in [9.17, 15) is 4.79 Å². The van der Waals surface area contributed by atoms with Gasteiger partial charge in [-0.25, -0.2) is 9.97 Å². The van der Waals surface area contributed by atoms with Crippen LogP contribution < -0.4 is 5.56 Å². The van der Waals surface area contributed by atoms with Crippen molar-refractivity contribution in [3.63, 3.8) is 0 Å². The van der Waals surface area contributed by atoms with Gasteiger partial charge in [-0.15, -0.1) is 0 Å². The first-order valence-electron chi connectivity index (χ1n) is 8.85. The van der Waals surface area contributed by atoms with Gasteiger partial charge in [-0.2, -0.15) is 0 Å². The predicted molar refractivity (Wildman–Crippen MR) is 109 cm³/mol. The van der Waals surface area contributed by atoms with E-state index in [4.69, 9.17) is 4.98 Å². The van der Waals surface area contributed by atoms with Gasteiger partial charge in [0.25, 0.3) is 5.56 Å². The van der Waals surface area contributed by atoms with E-state index >= 15 is 0 Å². The third-order valence-corrected chi connectivity index (χ3v) is 5.48. The Balaban J connectivity index is 1.56. The highest BCUT2D eigenvalue weighted by molar-refractivity contribution is 7.99. The van der Waals surface area contributed by atoms with Crippen molar-refractivity contribution in [1.29, 1.82) is 0 Å². The second kappa shape index (κ2) is 7.40. The van der Waals surface area contributed by atoms with Crippen LogP contribution in [0.1, 0.15) is 34.9 Å². The van der Waals surface area contributed by atoms with Gasteiger partial charge in [0.15, 0.2) is 5.16 Å². The minimum Gasteiger partial charge on any atom is -0.337 e. The van der Waals surface area contributed by atoms with E-state index in [0.29, 0.717) is 16.7 Å². The molecule has 0 spiro atoms. The molecule has 6 heteroatoms. The molecule has 0 aliphatic rings. The van der Waals surface area contributed by atoms with Gasteiger partial charge in [-0.1, -0.05) is 54.2 Å². The normalized spacial score (nSPS) is 12.4. The smallest absolute Gasteiger partial charge is 0.258 e. The molecule has 0 amide bonds. The summed E-state index contributed by atoms with van der Waals surface area (Å²) in [5, 5.41) is 1.41. The minimum absolute atomic E-state index is 0.0302. The summed E-state index contributed by atoms with van der Waals surface area (Å²) in [6.07, 6.45) is 0.795. The van der Waals surface area contributed by atoms with Crippen LogP contribution >= 0.6 is 11.8 Å². The molecule has 2 heterocycles. The number of aromatic nitrogens is 4. The van der Waals surface area contributed by atoms with Gasteiger partial charge in [0.05, 0.1) is 21.8 Å². The molecule has 0 radical (unpaired) electrons. The van der Waals surface area contributed by atoms with Crippen LogP contribution in [0.5, 0.6) is 0 Å². The highest BCUT2D eigenvalue weighted by Crippen LogP contribution is 2.32. The average molecular weight is 376 g/mol. The molecule has 27 heavy (non-hydrogen) atoms. The molecule has 136 valence electrons. The number of thioether (sulfide) groups is 1. The number of hydrogen-bond donors (Lipinski definition) is 2. The van der Waals surface area contributed by atoms with Gasteiger partial charge in [-0.3, -0.25) is 4.79 Å². The van der Waals surface area contributed by atoms with Crippen LogP contribution in [-0.4, -0.2) is 19.9 Å². The minimum atomic E-state index is -0.108. The van der Waals surface area contributed by atoms with E-state index in [2.05, 4.69) is 27.1 Å². The molecule has 2 N–H and O–H groups in total. The van der Waals surface area contributed by atoms with Gasteiger partial charge < -0.3 is 9.97 Å². The first-order valence-corrected chi connectivity index (χ1v) is 9.73. The third kappa shape index (κ3) is 3.80. The molecule has 0 saturated heterocycles. The molecule has 5 nitrogen and oxygen atoms in total. The summed E-state index contributed by atoms with van der Waals surface area (Å²) >= 11 is 1.56. The maximum absolute atomic E-state index is 12.3. The molecule has 2 aromatic carbocycles. The van der Waals surface area contributed by atoms with E-state index in [-0.39, 0.29) is 10.8 Å². The van der Waals surface area contributed by atoms with Gasteiger partial charge in [-0.05, 0) is 31.5 Å². The van der Waals surface area contributed by atoms with Crippen molar-refractivity contribution in [3.05, 3.63) is 87.7 Å². The number of nitrogens with zero attached hydrogens (tertiary/aromatic N) is 2. The maximum Gasteiger partial charge on any atom is 0.258 e. The Morgan fingerprint density at radius 2 is 1.74 bits per heavy atom. The van der Waals surface area contributed by atoms with E-state index in [1.807, 2.05) is 50.2 Å². The topological polar surface area (TPSA) is 74.4 Å². The number of fused-ring (bicyclic) bond motifs is 1. The summed E-state index contributed by atoms with van der Waals surface area (Å²) < 4.78 is 0. The Kier molecular flexibility index (Phi) is 4.81. The van der Waals surface area contributed by atoms with E-state index in [1.165, 1.54) is 5.56 Å². The van der Waals surface area contributed by atoms with Crippen molar-refractivity contribution in [2.24, 2.45) is 0 Å². The lowest BCUT2D eigenvalue weighted by atomic mass is 10.1. The lowest BCUT2D eigenvalue weighted by Crippen LogP contribution is -2.12. The number of benzene rings is 2. The molecule has 0 bridgehead atoms. The summed E-state index contributed by atoms with van der Waals surface area (Å²) in [5.74, 6) is 0.655. The number of aryl methyl sites for hydroxylation is 1. The van der Waals surface area contributed by atoms with E-state index < -0.39 is 0 Å². The molecule has 0 aliphatic carbocycles. The number of imidazole rings is 1. The average Bonchev–Trinajstić information content (AvgIpc) is 3.01. The summed E-state index contributed by atoms with van der Waals surface area (Å²) in [7, 11) is 0. The molecule has 2 aromatic heterocycles. The van der Waals surface area contributed by atoms with Crippen LogP contribution in [0, 0.1) is 6.92 Å². The highest BCUT2D eigenvalue weighted by Gasteiger charge is 2.16. The zero-order valence-corrected chi connectivity index (χ0v) is 16.0. The molecule has 0 saturated carbocycles. The van der Waals surface area contributed by atoms with Crippen LogP contribution in [0.25, 0.3) is 10.9 Å². The first-order chi connectivity index (χ1) is 13.1. The summed E-state index contributed by atoms with van der Waals surface area (Å²) in [6, 6.07) is 17.7. The second-order valence-electron chi connectivity index (χ2n) is 6.50. The molecule has 0 unspecified atom stereocenters. The maximum atomic E-state index is 12.3. The number of H-pyrrole nitrogens is 2. The lowest BCUT2D eigenvalue weighted by Gasteiger charge is -2.09. The van der Waals surface area contributed by atoms with Crippen molar-refractivity contribution < 1.29 is 0 Å². The molecule has 4 rings (SSSR count). The summed E-state index contributed by atoms with van der Waals surface area (Å²) in [4.78, 5) is 27.9. The van der Waals surface area contributed by atoms with Crippen molar-refractivity contribution in [2.45, 2.75) is 30.7 Å². The molecular weight excluding hydrogens is 356 g/mol. The van der Waals surface area contributed by atoms with Crippen molar-refractivity contribution in [1.82, 2.24) is 19.9 Å². The van der Waals surface area contributed by atoms with Crippen LogP contribution in [-0.2, 0) is 6.42 Å². The number of nitrogens with one attached hydrogen (secondary N) is 2. The SMILES string of the molecule is Cc1[nH]c(S[C@@H](C)c2nc3ccccc3c(=O)[nH]2)nc1Cc1ccccc1. The molecule has 0 aliphatic heterocycles. The largest absolute Gasteiger partial charge is 0.337 e. The van der Waals surface area contributed by atoms with Crippen LogP contribution in [0.15, 0.2) is 64.5 Å². The first kappa shape index (κ1) is 17.5. The third-order valence-electron chi connectivity index (χ3n) is 4.48. The fraction of sp³-hybridized carbons (Fsp3) is 0.190. The lowest BCUT2D eigenvalue weighted by molar-refractivity contribution is 0.909. The zero-order valence-electron chi connectivity index (χ0n) is 15.2. The van der Waals surface area contributed by atoms with E-state index in [1.54, 1.807) is 17.8 Å². The van der Waals surface area contributed by atoms with Gasteiger partial charge in [0.2, 0.25) is 0 Å². The molecule has 0 fully saturated rings. The molecular formula is C21H20N4OS. The predicted octanol–water partition coefficient (Wildman–Crippen LogP) is 4.40. The zero-order chi connectivity index (χ0) is 18.8. The molecule has 4 aromatic rings. The Morgan fingerprint density at radius 1 is 1.00 bits per heavy atom. The van der Waals surface area contributed by atoms with Gasteiger partial charge in [0.1, 0.15) is 5.82 Å². The van der Waals surface area contributed by atoms with Crippen molar-refractivity contribution in [2.75, 3.05) is 0 Å².